The maximum atomic E-state index is 12.4. The van der Waals surface area contributed by atoms with Gasteiger partial charge in [-0.3, -0.25) is 4.79 Å². The van der Waals surface area contributed by atoms with Crippen LogP contribution in [0.15, 0.2) is 53.7 Å². The van der Waals surface area contributed by atoms with Crippen LogP contribution in [0.5, 0.6) is 5.75 Å². The third-order valence-corrected chi connectivity index (χ3v) is 5.60. The van der Waals surface area contributed by atoms with Crippen LogP contribution >= 0.6 is 23.4 Å². The molecule has 0 radical (unpaired) electrons. The second-order valence-electron chi connectivity index (χ2n) is 6.20. The molecule has 1 aromatic heterocycles. The molecule has 0 spiro atoms. The van der Waals surface area contributed by atoms with Crippen LogP contribution in [0, 0.1) is 0 Å². The van der Waals surface area contributed by atoms with Crippen LogP contribution in [0.4, 0.5) is 0 Å². The van der Waals surface area contributed by atoms with Gasteiger partial charge < -0.3 is 14.6 Å². The third-order valence-electron chi connectivity index (χ3n) is 4.21. The first-order valence-corrected chi connectivity index (χ1v) is 9.96. The van der Waals surface area contributed by atoms with Gasteiger partial charge in [0.15, 0.2) is 11.0 Å². The lowest BCUT2D eigenvalue weighted by molar-refractivity contribution is -0.120. The number of amides is 1. The van der Waals surface area contributed by atoms with E-state index in [9.17, 15) is 4.79 Å². The van der Waals surface area contributed by atoms with Crippen LogP contribution in [0.1, 0.15) is 12.5 Å². The van der Waals surface area contributed by atoms with Crippen molar-refractivity contribution in [1.82, 2.24) is 20.1 Å². The molecule has 8 heteroatoms. The molecular formula is C20H21ClN4O2S. The van der Waals surface area contributed by atoms with Crippen LogP contribution in [0.2, 0.25) is 5.02 Å². The number of carbonyl (C=O) groups excluding carboxylic acids is 1. The van der Waals surface area contributed by atoms with Crippen molar-refractivity contribution in [2.45, 2.75) is 23.9 Å². The van der Waals surface area contributed by atoms with Crippen molar-refractivity contribution in [2.24, 2.45) is 7.05 Å². The summed E-state index contributed by atoms with van der Waals surface area (Å²) in [5.41, 5.74) is 1.93. The fraction of sp³-hybridized carbons (Fsp3) is 0.250. The fourth-order valence-electron chi connectivity index (χ4n) is 2.56. The van der Waals surface area contributed by atoms with Gasteiger partial charge in [-0.05, 0) is 48.9 Å². The summed E-state index contributed by atoms with van der Waals surface area (Å²) in [6.45, 7) is 2.31. The van der Waals surface area contributed by atoms with Crippen molar-refractivity contribution >= 4 is 29.3 Å². The van der Waals surface area contributed by atoms with Gasteiger partial charge in [-0.25, -0.2) is 0 Å². The first-order chi connectivity index (χ1) is 13.5. The molecule has 1 heterocycles. The molecule has 1 N–H and O–H groups in total. The maximum Gasteiger partial charge on any atom is 0.233 e. The van der Waals surface area contributed by atoms with Gasteiger partial charge in [-0.1, -0.05) is 35.5 Å². The van der Waals surface area contributed by atoms with Crippen LogP contribution in [-0.4, -0.2) is 33.0 Å². The number of nitrogens with one attached hydrogen (secondary N) is 1. The minimum absolute atomic E-state index is 0.0612. The molecule has 0 aliphatic carbocycles. The summed E-state index contributed by atoms with van der Waals surface area (Å²) in [6, 6.07) is 15.0. The van der Waals surface area contributed by atoms with Gasteiger partial charge in [0, 0.05) is 24.2 Å². The highest BCUT2D eigenvalue weighted by molar-refractivity contribution is 8.00. The zero-order valence-electron chi connectivity index (χ0n) is 15.8. The van der Waals surface area contributed by atoms with E-state index in [2.05, 4.69) is 15.5 Å². The number of aromatic nitrogens is 3. The highest BCUT2D eigenvalue weighted by Crippen LogP contribution is 2.26. The second-order valence-corrected chi connectivity index (χ2v) is 7.94. The van der Waals surface area contributed by atoms with Gasteiger partial charge in [0.1, 0.15) is 5.75 Å². The molecule has 0 saturated heterocycles. The number of benzene rings is 2. The van der Waals surface area contributed by atoms with E-state index < -0.39 is 0 Å². The van der Waals surface area contributed by atoms with E-state index in [1.165, 1.54) is 11.8 Å². The molecule has 1 unspecified atom stereocenters. The van der Waals surface area contributed by atoms with Gasteiger partial charge >= 0.3 is 0 Å². The van der Waals surface area contributed by atoms with Crippen LogP contribution in [0.25, 0.3) is 11.4 Å². The molecule has 3 aromatic rings. The lowest BCUT2D eigenvalue weighted by Crippen LogP contribution is -2.30. The Morgan fingerprint density at radius 2 is 1.86 bits per heavy atom. The molecule has 1 atom stereocenters. The number of halogens is 1. The van der Waals surface area contributed by atoms with Gasteiger partial charge in [-0.15, -0.1) is 10.2 Å². The molecular weight excluding hydrogens is 396 g/mol. The Morgan fingerprint density at radius 1 is 1.18 bits per heavy atom. The van der Waals surface area contributed by atoms with Gasteiger partial charge in [-0.2, -0.15) is 0 Å². The number of thioether (sulfide) groups is 1. The van der Waals surface area contributed by atoms with Crippen molar-refractivity contribution < 1.29 is 9.53 Å². The van der Waals surface area contributed by atoms with Gasteiger partial charge in [0.25, 0.3) is 0 Å². The van der Waals surface area contributed by atoms with Crippen LogP contribution < -0.4 is 10.1 Å². The normalized spacial score (nSPS) is 11.9. The van der Waals surface area contributed by atoms with Crippen LogP contribution in [0.3, 0.4) is 0 Å². The maximum absolute atomic E-state index is 12.4. The summed E-state index contributed by atoms with van der Waals surface area (Å²) in [4.78, 5) is 12.4. The molecule has 0 bridgehead atoms. The number of carbonyl (C=O) groups is 1. The number of hydrogen-bond acceptors (Lipinski definition) is 5. The molecule has 6 nitrogen and oxygen atoms in total. The van der Waals surface area contributed by atoms with Crippen LogP contribution in [-0.2, 0) is 18.4 Å². The summed E-state index contributed by atoms with van der Waals surface area (Å²) in [5.74, 6) is 1.46. The molecule has 0 fully saturated rings. The Bertz CT molecular complexity index is 942. The Morgan fingerprint density at radius 3 is 2.50 bits per heavy atom. The van der Waals surface area contributed by atoms with E-state index in [0.29, 0.717) is 16.7 Å². The largest absolute Gasteiger partial charge is 0.497 e. The van der Waals surface area contributed by atoms with E-state index in [1.807, 2.05) is 67.1 Å². The van der Waals surface area contributed by atoms with E-state index in [0.717, 1.165) is 22.7 Å². The highest BCUT2D eigenvalue weighted by Gasteiger charge is 2.19. The number of hydrogen-bond donors (Lipinski definition) is 1. The molecule has 2 aromatic carbocycles. The highest BCUT2D eigenvalue weighted by atomic mass is 35.5. The van der Waals surface area contributed by atoms with E-state index in [4.69, 9.17) is 16.3 Å². The monoisotopic (exact) mass is 416 g/mol. The Hall–Kier alpha value is -2.51. The smallest absolute Gasteiger partial charge is 0.233 e. The zero-order valence-corrected chi connectivity index (χ0v) is 17.4. The van der Waals surface area contributed by atoms with Crippen molar-refractivity contribution in [3.8, 4) is 17.1 Å². The van der Waals surface area contributed by atoms with Gasteiger partial charge in [0.05, 0.1) is 12.4 Å². The minimum atomic E-state index is -0.307. The predicted octanol–water partition coefficient (Wildman–Crippen LogP) is 3.94. The van der Waals surface area contributed by atoms with Crippen molar-refractivity contribution in [2.75, 3.05) is 7.11 Å². The predicted molar refractivity (Wildman–Crippen MR) is 112 cm³/mol. The molecule has 28 heavy (non-hydrogen) atoms. The average Bonchev–Trinajstić information content (AvgIpc) is 3.07. The average molecular weight is 417 g/mol. The third kappa shape index (κ3) is 4.85. The molecule has 0 aliphatic heterocycles. The van der Waals surface area contributed by atoms with E-state index >= 15 is 0 Å². The Labute approximate surface area is 173 Å². The molecule has 0 saturated carbocycles. The number of nitrogens with zero attached hydrogens (tertiary/aromatic N) is 3. The lowest BCUT2D eigenvalue weighted by Gasteiger charge is -2.12. The quantitative estimate of drug-likeness (QED) is 0.591. The summed E-state index contributed by atoms with van der Waals surface area (Å²) >= 11 is 7.25. The Kier molecular flexibility index (Phi) is 6.59. The SMILES string of the molecule is COc1ccc(-c2nnc(SC(C)C(=O)NCc3ccc(Cl)cc3)n2C)cc1. The summed E-state index contributed by atoms with van der Waals surface area (Å²) in [7, 11) is 3.52. The summed E-state index contributed by atoms with van der Waals surface area (Å²) in [5, 5.41) is 12.5. The molecule has 1 amide bonds. The Balaban J connectivity index is 1.61. The number of methoxy groups -OCH3 is 1. The van der Waals surface area contributed by atoms with Gasteiger partial charge in [0.2, 0.25) is 5.91 Å². The topological polar surface area (TPSA) is 69.0 Å². The molecule has 146 valence electrons. The second kappa shape index (κ2) is 9.12. The summed E-state index contributed by atoms with van der Waals surface area (Å²) in [6.07, 6.45) is 0. The fourth-order valence-corrected chi connectivity index (χ4v) is 3.52. The van der Waals surface area contributed by atoms with E-state index in [1.54, 1.807) is 7.11 Å². The molecule has 0 aliphatic rings. The first kappa shape index (κ1) is 20.2. The van der Waals surface area contributed by atoms with Crippen molar-refractivity contribution in [3.05, 3.63) is 59.1 Å². The molecule has 3 rings (SSSR count). The zero-order chi connectivity index (χ0) is 20.1. The van der Waals surface area contributed by atoms with E-state index in [-0.39, 0.29) is 11.2 Å². The van der Waals surface area contributed by atoms with Crippen molar-refractivity contribution in [3.63, 3.8) is 0 Å². The first-order valence-electron chi connectivity index (χ1n) is 8.70. The number of rotatable bonds is 7. The van der Waals surface area contributed by atoms with Crippen molar-refractivity contribution in [1.29, 1.82) is 0 Å². The lowest BCUT2D eigenvalue weighted by atomic mass is 10.2. The minimum Gasteiger partial charge on any atom is -0.497 e. The standard InChI is InChI=1S/C20H21ClN4O2S/c1-13(19(26)22-12-14-4-8-16(21)9-5-14)28-20-24-23-18(25(20)2)15-6-10-17(27-3)11-7-15/h4-11,13H,12H2,1-3H3,(H,22,26). The summed E-state index contributed by atoms with van der Waals surface area (Å²) < 4.78 is 7.07. The number of ether oxygens (including phenoxy) is 1.